The first-order chi connectivity index (χ1) is 8.89. The van der Waals surface area contributed by atoms with E-state index in [-0.39, 0.29) is 18.5 Å². The van der Waals surface area contributed by atoms with Gasteiger partial charge in [-0.05, 0) is 31.4 Å². The number of carbonyl (C=O) groups is 1. The average Bonchev–Trinajstić information content (AvgIpc) is 2.35. The number of amides is 1. The lowest BCUT2D eigenvalue weighted by Crippen LogP contribution is -2.59. The van der Waals surface area contributed by atoms with Crippen LogP contribution in [-0.4, -0.2) is 29.6 Å². The summed E-state index contributed by atoms with van der Waals surface area (Å²) in [6.07, 6.45) is 0.371. The van der Waals surface area contributed by atoms with Crippen LogP contribution in [0.4, 0.5) is 14.5 Å². The quantitative estimate of drug-likeness (QED) is 0.882. The Morgan fingerprint density at radius 1 is 1.47 bits per heavy atom. The molecule has 0 aromatic heterocycles. The molecule has 0 heterocycles. The predicted molar refractivity (Wildman–Crippen MR) is 65.4 cm³/mol. The van der Waals surface area contributed by atoms with Crippen molar-refractivity contribution in [3.63, 3.8) is 0 Å². The molecule has 0 atom stereocenters. The number of hydrogen-bond donors (Lipinski definition) is 2. The van der Waals surface area contributed by atoms with E-state index in [9.17, 15) is 18.7 Å². The molecule has 4 nitrogen and oxygen atoms in total. The number of hydrogen-bond acceptors (Lipinski definition) is 3. The predicted octanol–water partition coefficient (Wildman–Crippen LogP) is 2.18. The van der Waals surface area contributed by atoms with Gasteiger partial charge in [-0.3, -0.25) is 4.79 Å². The summed E-state index contributed by atoms with van der Waals surface area (Å²) in [5.41, 5.74) is -2.01. The largest absolute Gasteiger partial charge is 0.497 e. The van der Waals surface area contributed by atoms with E-state index in [1.165, 1.54) is 19.2 Å². The maximum atomic E-state index is 13.8. The molecule has 0 saturated heterocycles. The Bertz CT molecular complexity index is 487. The van der Waals surface area contributed by atoms with Gasteiger partial charge in [-0.15, -0.1) is 0 Å². The van der Waals surface area contributed by atoms with Crippen LogP contribution in [0.5, 0.6) is 5.75 Å². The van der Waals surface area contributed by atoms with Crippen LogP contribution >= 0.6 is 0 Å². The molecule has 0 bridgehead atoms. The number of aliphatic hydroxyl groups is 1. The molecule has 1 aliphatic rings. The normalized spacial score (nSPS) is 17.5. The van der Waals surface area contributed by atoms with Gasteiger partial charge in [0.15, 0.2) is 0 Å². The summed E-state index contributed by atoms with van der Waals surface area (Å²) in [6.45, 7) is 0. The van der Waals surface area contributed by atoms with E-state index in [2.05, 4.69) is 5.32 Å². The minimum absolute atomic E-state index is 0.0640. The second kappa shape index (κ2) is 4.77. The van der Waals surface area contributed by atoms with E-state index < -0.39 is 17.4 Å². The molecule has 104 valence electrons. The summed E-state index contributed by atoms with van der Waals surface area (Å²) in [5.74, 6) is -4.85. The van der Waals surface area contributed by atoms with Crippen molar-refractivity contribution in [3.05, 3.63) is 24.3 Å². The van der Waals surface area contributed by atoms with Gasteiger partial charge in [0.2, 0.25) is 0 Å². The fourth-order valence-electron chi connectivity index (χ4n) is 1.95. The summed E-state index contributed by atoms with van der Waals surface area (Å²) >= 11 is 0. The van der Waals surface area contributed by atoms with Crippen molar-refractivity contribution >= 4 is 11.6 Å². The molecule has 0 aliphatic heterocycles. The number of nitrogens with one attached hydrogen (secondary N) is 1. The summed E-state index contributed by atoms with van der Waals surface area (Å²) in [6, 6.07) is 6.11. The summed E-state index contributed by atoms with van der Waals surface area (Å²) in [5, 5.41) is 11.8. The van der Waals surface area contributed by atoms with Crippen LogP contribution in [-0.2, 0) is 4.79 Å². The third-order valence-corrected chi connectivity index (χ3v) is 3.38. The van der Waals surface area contributed by atoms with Gasteiger partial charge in [0.25, 0.3) is 5.91 Å². The molecule has 1 saturated carbocycles. The molecule has 1 amide bonds. The Balaban J connectivity index is 2.12. The maximum Gasteiger partial charge on any atom is 0.352 e. The first kappa shape index (κ1) is 13.7. The molecule has 0 unspecified atom stereocenters. The molecule has 2 N–H and O–H groups in total. The topological polar surface area (TPSA) is 58.6 Å². The van der Waals surface area contributed by atoms with E-state index in [4.69, 9.17) is 4.74 Å². The van der Waals surface area contributed by atoms with Gasteiger partial charge in [-0.2, -0.15) is 8.78 Å². The smallest absolute Gasteiger partial charge is 0.352 e. The van der Waals surface area contributed by atoms with E-state index in [0.717, 1.165) is 0 Å². The molecule has 0 spiro atoms. The molecular formula is C13H15F2NO3. The fourth-order valence-corrected chi connectivity index (χ4v) is 1.95. The summed E-state index contributed by atoms with van der Waals surface area (Å²) in [4.78, 5) is 11.6. The zero-order chi connectivity index (χ0) is 14.1. The summed E-state index contributed by atoms with van der Waals surface area (Å²) < 4.78 is 32.6. The lowest BCUT2D eigenvalue weighted by Gasteiger charge is -2.41. The zero-order valence-electron chi connectivity index (χ0n) is 10.5. The van der Waals surface area contributed by atoms with Gasteiger partial charge in [0.1, 0.15) is 11.4 Å². The molecule has 0 radical (unpaired) electrons. The molecule has 6 heteroatoms. The van der Waals surface area contributed by atoms with E-state index in [1.807, 2.05) is 0 Å². The SMILES string of the molecule is COc1cccc(NC(=O)C(F)(F)C2(O)CCC2)c1. The number of rotatable bonds is 4. The molecule has 1 aromatic rings. The van der Waals surface area contributed by atoms with Gasteiger partial charge in [0.05, 0.1) is 7.11 Å². The zero-order valence-corrected chi connectivity index (χ0v) is 10.5. The van der Waals surface area contributed by atoms with Crippen molar-refractivity contribution in [2.75, 3.05) is 12.4 Å². The Morgan fingerprint density at radius 3 is 2.68 bits per heavy atom. The number of methoxy groups -OCH3 is 1. The number of benzene rings is 1. The van der Waals surface area contributed by atoms with Crippen LogP contribution in [0.1, 0.15) is 19.3 Å². The highest BCUT2D eigenvalue weighted by atomic mass is 19.3. The Hall–Kier alpha value is -1.69. The lowest BCUT2D eigenvalue weighted by atomic mass is 9.75. The van der Waals surface area contributed by atoms with Crippen molar-refractivity contribution in [3.8, 4) is 5.75 Å². The molecule has 1 aromatic carbocycles. The average molecular weight is 271 g/mol. The first-order valence-corrected chi connectivity index (χ1v) is 5.95. The van der Waals surface area contributed by atoms with Gasteiger partial charge in [-0.25, -0.2) is 0 Å². The van der Waals surface area contributed by atoms with Gasteiger partial charge < -0.3 is 15.2 Å². The van der Waals surface area contributed by atoms with Crippen molar-refractivity contribution in [2.45, 2.75) is 30.8 Å². The highest BCUT2D eigenvalue weighted by Crippen LogP contribution is 2.44. The standard InChI is InChI=1S/C13H15F2NO3/c1-19-10-5-2-4-9(8-10)16-11(17)13(14,15)12(18)6-3-7-12/h2,4-5,8,18H,3,6-7H2,1H3,(H,16,17). The number of carbonyl (C=O) groups excluding carboxylic acids is 1. The van der Waals surface area contributed by atoms with Crippen molar-refractivity contribution in [1.82, 2.24) is 0 Å². The highest BCUT2D eigenvalue weighted by molar-refractivity contribution is 5.97. The second-order valence-corrected chi connectivity index (χ2v) is 4.65. The molecule has 1 aliphatic carbocycles. The fraction of sp³-hybridized carbons (Fsp3) is 0.462. The van der Waals surface area contributed by atoms with Gasteiger partial charge in [0, 0.05) is 11.8 Å². The number of halogens is 2. The van der Waals surface area contributed by atoms with E-state index in [1.54, 1.807) is 12.1 Å². The monoisotopic (exact) mass is 271 g/mol. The molecular weight excluding hydrogens is 256 g/mol. The van der Waals surface area contributed by atoms with Crippen molar-refractivity contribution in [1.29, 1.82) is 0 Å². The highest BCUT2D eigenvalue weighted by Gasteiger charge is 2.61. The number of anilines is 1. The van der Waals surface area contributed by atoms with Gasteiger partial charge in [-0.1, -0.05) is 6.07 Å². The van der Waals surface area contributed by atoms with Crippen LogP contribution in [0.3, 0.4) is 0 Å². The minimum atomic E-state index is -3.80. The van der Waals surface area contributed by atoms with Gasteiger partial charge >= 0.3 is 5.92 Å². The Morgan fingerprint density at radius 2 is 2.16 bits per heavy atom. The van der Waals surface area contributed by atoms with Crippen LogP contribution in [0.15, 0.2) is 24.3 Å². The molecule has 2 rings (SSSR count). The van der Waals surface area contributed by atoms with Crippen molar-refractivity contribution < 1.29 is 23.4 Å². The van der Waals surface area contributed by atoms with Crippen LogP contribution in [0.2, 0.25) is 0 Å². The summed E-state index contributed by atoms with van der Waals surface area (Å²) in [7, 11) is 1.44. The Kier molecular flexibility index (Phi) is 3.45. The van der Waals surface area contributed by atoms with Crippen LogP contribution < -0.4 is 10.1 Å². The molecule has 1 fully saturated rings. The number of alkyl halides is 2. The second-order valence-electron chi connectivity index (χ2n) is 4.65. The maximum absolute atomic E-state index is 13.8. The third kappa shape index (κ3) is 2.40. The Labute approximate surface area is 109 Å². The van der Waals surface area contributed by atoms with Crippen LogP contribution in [0, 0.1) is 0 Å². The van der Waals surface area contributed by atoms with E-state index >= 15 is 0 Å². The third-order valence-electron chi connectivity index (χ3n) is 3.38. The van der Waals surface area contributed by atoms with E-state index in [0.29, 0.717) is 12.2 Å². The lowest BCUT2D eigenvalue weighted by molar-refractivity contribution is -0.212. The molecule has 19 heavy (non-hydrogen) atoms. The minimum Gasteiger partial charge on any atom is -0.497 e. The van der Waals surface area contributed by atoms with Crippen LogP contribution in [0.25, 0.3) is 0 Å². The first-order valence-electron chi connectivity index (χ1n) is 5.95. The number of ether oxygens (including phenoxy) is 1. The van der Waals surface area contributed by atoms with Crippen molar-refractivity contribution in [2.24, 2.45) is 0 Å².